The van der Waals surface area contributed by atoms with Gasteiger partial charge in [0.05, 0.1) is 0 Å². The minimum absolute atomic E-state index is 0.0746. The normalized spacial score (nSPS) is 14.3. The highest BCUT2D eigenvalue weighted by Crippen LogP contribution is 2.22. The van der Waals surface area contributed by atoms with Crippen LogP contribution in [0.2, 0.25) is 0 Å². The molecule has 62 valence electrons. The van der Waals surface area contributed by atoms with Gasteiger partial charge >= 0.3 is 0 Å². The number of allylic oxidation sites excluding steroid dienone is 1. The predicted molar refractivity (Wildman–Crippen MR) is 45.1 cm³/mol. The summed E-state index contributed by atoms with van der Waals surface area (Å²) in [4.78, 5) is 11.2. The quantitative estimate of drug-likeness (QED) is 0.525. The standard InChI is InChI=1S/C9H10N2O/c1-2-8(12)9-6-4-3-5-7(6)10-11-9/h2H,1,3-5H2,(H,10,11). The fraction of sp³-hybridized carbons (Fsp3) is 0.333. The number of carbonyl (C=O) groups is 1. The summed E-state index contributed by atoms with van der Waals surface area (Å²) >= 11 is 0. The first-order valence-electron chi connectivity index (χ1n) is 4.06. The molecule has 2 rings (SSSR count). The molecule has 1 aliphatic carbocycles. The zero-order valence-electron chi connectivity index (χ0n) is 6.76. The van der Waals surface area contributed by atoms with Gasteiger partial charge in [0, 0.05) is 11.3 Å². The van der Waals surface area contributed by atoms with Gasteiger partial charge in [-0.2, -0.15) is 5.10 Å². The van der Waals surface area contributed by atoms with Crippen LogP contribution >= 0.6 is 0 Å². The first-order valence-corrected chi connectivity index (χ1v) is 4.06. The van der Waals surface area contributed by atoms with Crippen molar-refractivity contribution in [2.75, 3.05) is 0 Å². The lowest BCUT2D eigenvalue weighted by molar-refractivity contribution is 0.104. The maximum Gasteiger partial charge on any atom is 0.205 e. The van der Waals surface area contributed by atoms with E-state index >= 15 is 0 Å². The number of carbonyl (C=O) groups excluding carboxylic acids is 1. The van der Waals surface area contributed by atoms with Crippen LogP contribution in [-0.2, 0) is 12.8 Å². The van der Waals surface area contributed by atoms with E-state index in [0.29, 0.717) is 5.69 Å². The number of hydrogen-bond donors (Lipinski definition) is 1. The summed E-state index contributed by atoms with van der Waals surface area (Å²) in [5.41, 5.74) is 2.79. The zero-order chi connectivity index (χ0) is 8.55. The predicted octanol–water partition coefficient (Wildman–Crippen LogP) is 1.27. The largest absolute Gasteiger partial charge is 0.287 e. The Bertz CT molecular complexity index is 338. The number of H-pyrrole nitrogens is 1. The van der Waals surface area contributed by atoms with E-state index in [1.807, 2.05) is 0 Å². The summed E-state index contributed by atoms with van der Waals surface area (Å²) in [5.74, 6) is -0.0746. The second kappa shape index (κ2) is 2.59. The topological polar surface area (TPSA) is 45.8 Å². The van der Waals surface area contributed by atoms with Crippen LogP contribution in [0.4, 0.5) is 0 Å². The monoisotopic (exact) mass is 162 g/mol. The van der Waals surface area contributed by atoms with Gasteiger partial charge in [0.25, 0.3) is 0 Å². The van der Waals surface area contributed by atoms with E-state index < -0.39 is 0 Å². The molecule has 0 saturated carbocycles. The third kappa shape index (κ3) is 0.897. The van der Waals surface area contributed by atoms with Gasteiger partial charge in [-0.05, 0) is 25.3 Å². The summed E-state index contributed by atoms with van der Waals surface area (Å²) in [6.07, 6.45) is 4.43. The van der Waals surface area contributed by atoms with Crippen molar-refractivity contribution >= 4 is 5.78 Å². The van der Waals surface area contributed by atoms with Crippen molar-refractivity contribution in [1.29, 1.82) is 0 Å². The van der Waals surface area contributed by atoms with Crippen molar-refractivity contribution in [1.82, 2.24) is 10.2 Å². The van der Waals surface area contributed by atoms with Crippen LogP contribution in [0, 0.1) is 0 Å². The minimum Gasteiger partial charge on any atom is -0.287 e. The van der Waals surface area contributed by atoms with Crippen molar-refractivity contribution in [3.63, 3.8) is 0 Å². The summed E-state index contributed by atoms with van der Waals surface area (Å²) in [5, 5.41) is 6.85. The second-order valence-corrected chi connectivity index (χ2v) is 2.95. The Kier molecular flexibility index (Phi) is 1.57. The molecule has 1 N–H and O–H groups in total. The molecule has 3 heteroatoms. The Balaban J connectivity index is 2.45. The zero-order valence-corrected chi connectivity index (χ0v) is 6.76. The molecular weight excluding hydrogens is 152 g/mol. The molecular formula is C9H10N2O. The number of hydrogen-bond acceptors (Lipinski definition) is 2. The van der Waals surface area contributed by atoms with Gasteiger partial charge in [-0.15, -0.1) is 0 Å². The number of aryl methyl sites for hydroxylation is 1. The van der Waals surface area contributed by atoms with Gasteiger partial charge in [-0.1, -0.05) is 6.58 Å². The number of ketones is 1. The van der Waals surface area contributed by atoms with Crippen LogP contribution in [0.3, 0.4) is 0 Å². The molecule has 0 saturated heterocycles. The molecule has 1 heterocycles. The van der Waals surface area contributed by atoms with E-state index in [1.165, 1.54) is 6.08 Å². The molecule has 1 aromatic rings. The van der Waals surface area contributed by atoms with Crippen LogP contribution in [0.15, 0.2) is 12.7 Å². The molecule has 0 atom stereocenters. The van der Waals surface area contributed by atoms with Gasteiger partial charge in [0.15, 0.2) is 0 Å². The molecule has 12 heavy (non-hydrogen) atoms. The Morgan fingerprint density at radius 3 is 3.17 bits per heavy atom. The lowest BCUT2D eigenvalue weighted by Gasteiger charge is -1.90. The van der Waals surface area contributed by atoms with Gasteiger partial charge < -0.3 is 0 Å². The highest BCUT2D eigenvalue weighted by atomic mass is 16.1. The van der Waals surface area contributed by atoms with Gasteiger partial charge in [0.1, 0.15) is 5.69 Å². The Hall–Kier alpha value is -1.38. The Morgan fingerprint density at radius 2 is 2.42 bits per heavy atom. The molecule has 0 fully saturated rings. The SMILES string of the molecule is C=CC(=O)c1n[nH]c2c1CCC2. The maximum absolute atomic E-state index is 11.2. The number of fused-ring (bicyclic) bond motifs is 1. The van der Waals surface area contributed by atoms with Crippen LogP contribution in [-0.4, -0.2) is 16.0 Å². The highest BCUT2D eigenvalue weighted by molar-refractivity contribution is 6.03. The van der Waals surface area contributed by atoms with E-state index in [0.717, 1.165) is 30.5 Å². The molecule has 0 aromatic carbocycles. The summed E-state index contributed by atoms with van der Waals surface area (Å²) in [6.45, 7) is 3.44. The van der Waals surface area contributed by atoms with E-state index in [-0.39, 0.29) is 5.78 Å². The summed E-state index contributed by atoms with van der Waals surface area (Å²) in [7, 11) is 0. The van der Waals surface area contributed by atoms with Crippen molar-refractivity contribution < 1.29 is 4.79 Å². The smallest absolute Gasteiger partial charge is 0.205 e. The van der Waals surface area contributed by atoms with Crippen LogP contribution in [0.25, 0.3) is 0 Å². The van der Waals surface area contributed by atoms with E-state index in [9.17, 15) is 4.79 Å². The number of aromatic amines is 1. The average Bonchev–Trinajstić information content (AvgIpc) is 2.62. The molecule has 0 spiro atoms. The number of nitrogens with zero attached hydrogens (tertiary/aromatic N) is 1. The maximum atomic E-state index is 11.2. The highest BCUT2D eigenvalue weighted by Gasteiger charge is 2.20. The van der Waals surface area contributed by atoms with Gasteiger partial charge in [-0.25, -0.2) is 0 Å². The van der Waals surface area contributed by atoms with E-state index in [1.54, 1.807) is 0 Å². The van der Waals surface area contributed by atoms with Crippen LogP contribution in [0.1, 0.15) is 28.2 Å². The fourth-order valence-electron chi connectivity index (χ4n) is 1.62. The Labute approximate surface area is 70.5 Å². The first kappa shape index (κ1) is 7.28. The molecule has 3 nitrogen and oxygen atoms in total. The van der Waals surface area contributed by atoms with Gasteiger partial charge in [-0.3, -0.25) is 9.89 Å². The molecule has 0 unspecified atom stereocenters. The van der Waals surface area contributed by atoms with Crippen molar-refractivity contribution in [2.45, 2.75) is 19.3 Å². The number of aromatic nitrogens is 2. The molecule has 1 aliphatic rings. The van der Waals surface area contributed by atoms with E-state index in [4.69, 9.17) is 0 Å². The Morgan fingerprint density at radius 1 is 1.58 bits per heavy atom. The van der Waals surface area contributed by atoms with Crippen molar-refractivity contribution in [3.8, 4) is 0 Å². The van der Waals surface area contributed by atoms with Crippen LogP contribution in [0.5, 0.6) is 0 Å². The average molecular weight is 162 g/mol. The van der Waals surface area contributed by atoms with E-state index in [2.05, 4.69) is 16.8 Å². The molecule has 1 aromatic heterocycles. The third-order valence-electron chi connectivity index (χ3n) is 2.23. The first-order chi connectivity index (χ1) is 5.83. The molecule has 0 radical (unpaired) electrons. The minimum atomic E-state index is -0.0746. The van der Waals surface area contributed by atoms with Crippen LogP contribution < -0.4 is 0 Å². The number of rotatable bonds is 2. The molecule has 0 amide bonds. The lowest BCUT2D eigenvalue weighted by Crippen LogP contribution is -1.98. The third-order valence-corrected chi connectivity index (χ3v) is 2.23. The van der Waals surface area contributed by atoms with Crippen molar-refractivity contribution in [2.24, 2.45) is 0 Å². The fourth-order valence-corrected chi connectivity index (χ4v) is 1.62. The molecule has 0 aliphatic heterocycles. The summed E-state index contributed by atoms with van der Waals surface area (Å²) in [6, 6.07) is 0. The second-order valence-electron chi connectivity index (χ2n) is 2.95. The summed E-state index contributed by atoms with van der Waals surface area (Å²) < 4.78 is 0. The molecule has 0 bridgehead atoms. The lowest BCUT2D eigenvalue weighted by atomic mass is 10.1. The number of nitrogens with one attached hydrogen (secondary N) is 1. The van der Waals surface area contributed by atoms with Crippen molar-refractivity contribution in [3.05, 3.63) is 29.6 Å². The van der Waals surface area contributed by atoms with Gasteiger partial charge in [0.2, 0.25) is 5.78 Å².